The number of pyridine rings is 1. The van der Waals surface area contributed by atoms with Crippen LogP contribution < -0.4 is 25.7 Å². The first-order valence-electron chi connectivity index (χ1n) is 11.3. The predicted molar refractivity (Wildman–Crippen MR) is 135 cm³/mol. The first-order chi connectivity index (χ1) is 17.3. The summed E-state index contributed by atoms with van der Waals surface area (Å²) in [5.74, 6) is -0.163. The van der Waals surface area contributed by atoms with E-state index in [2.05, 4.69) is 15.6 Å². The average Bonchev–Trinajstić information content (AvgIpc) is 2.85. The van der Waals surface area contributed by atoms with Gasteiger partial charge in [-0.3, -0.25) is 14.0 Å². The third-order valence-corrected chi connectivity index (χ3v) is 5.78. The summed E-state index contributed by atoms with van der Waals surface area (Å²) in [6.45, 7) is 3.79. The zero-order valence-corrected chi connectivity index (χ0v) is 19.8. The molecule has 4 aromatic rings. The number of aromatic nitrogens is 2. The van der Waals surface area contributed by atoms with Gasteiger partial charge in [-0.1, -0.05) is 6.07 Å². The van der Waals surface area contributed by atoms with E-state index in [-0.39, 0.29) is 23.0 Å². The Morgan fingerprint density at radius 3 is 2.78 bits per heavy atom. The number of nitrogens with zero attached hydrogens (tertiary/aromatic N) is 2. The molecule has 182 valence electrons. The molecule has 1 aliphatic heterocycles. The number of methoxy groups -OCH3 is 1. The topological polar surface area (TPSA) is 94.0 Å². The number of hydrogen-bond acceptors (Lipinski definition) is 6. The fourth-order valence-corrected chi connectivity index (χ4v) is 3.99. The zero-order chi connectivity index (χ0) is 25.4. The Morgan fingerprint density at radius 1 is 1.17 bits per heavy atom. The number of ether oxygens (including phenoxy) is 2. The summed E-state index contributed by atoms with van der Waals surface area (Å²) in [7, 11) is 1.59. The van der Waals surface area contributed by atoms with Gasteiger partial charge in [0, 0.05) is 47.5 Å². The van der Waals surface area contributed by atoms with E-state index in [1.54, 1.807) is 25.4 Å². The number of fused-ring (bicyclic) bond motifs is 2. The van der Waals surface area contributed by atoms with Gasteiger partial charge in [-0.2, -0.15) is 0 Å². The van der Waals surface area contributed by atoms with Crippen LogP contribution in [0.4, 0.5) is 15.8 Å². The summed E-state index contributed by atoms with van der Waals surface area (Å²) < 4.78 is 27.5. The maximum Gasteiger partial charge on any atom is 0.270 e. The standard InChI is InChI=1S/C27H23FN4O4/c1-15-4-9-25-29-13-20(27(34)32(25)14-15)26(33)31-17-5-8-23(21(28)11-17)36-24-10-16(2)30-22-12-18(35-3)6-7-19(22)24/h4-14,16,30H,1-3H3,(H,31,33). The van der Waals surface area contributed by atoms with E-state index in [1.165, 1.54) is 22.7 Å². The highest BCUT2D eigenvalue weighted by Crippen LogP contribution is 2.35. The van der Waals surface area contributed by atoms with Crippen molar-refractivity contribution in [2.45, 2.75) is 19.9 Å². The average molecular weight is 487 g/mol. The number of aryl methyl sites for hydroxylation is 1. The summed E-state index contributed by atoms with van der Waals surface area (Å²) >= 11 is 0. The number of nitrogens with one attached hydrogen (secondary N) is 2. The molecule has 2 aromatic carbocycles. The van der Waals surface area contributed by atoms with E-state index >= 15 is 0 Å². The molecule has 0 bridgehead atoms. The predicted octanol–water partition coefficient (Wildman–Crippen LogP) is 4.64. The van der Waals surface area contributed by atoms with E-state index < -0.39 is 17.3 Å². The molecule has 1 amide bonds. The number of halogens is 1. The Morgan fingerprint density at radius 2 is 2.00 bits per heavy atom. The molecule has 36 heavy (non-hydrogen) atoms. The quantitative estimate of drug-likeness (QED) is 0.427. The maximum atomic E-state index is 15.0. The number of carbonyl (C=O) groups excluding carboxylic acids is 1. The molecule has 5 rings (SSSR count). The summed E-state index contributed by atoms with van der Waals surface area (Å²) in [4.78, 5) is 29.7. The summed E-state index contributed by atoms with van der Waals surface area (Å²) in [6.07, 6.45) is 4.68. The van der Waals surface area contributed by atoms with Gasteiger partial charge in [0.2, 0.25) is 0 Å². The molecule has 0 aliphatic carbocycles. The Labute approximate surface area is 206 Å². The van der Waals surface area contributed by atoms with E-state index in [4.69, 9.17) is 9.47 Å². The van der Waals surface area contributed by atoms with Gasteiger partial charge >= 0.3 is 0 Å². The minimum atomic E-state index is -0.686. The van der Waals surface area contributed by atoms with Crippen molar-refractivity contribution >= 4 is 28.7 Å². The normalized spacial score (nSPS) is 14.4. The van der Waals surface area contributed by atoms with Crippen molar-refractivity contribution in [2.75, 3.05) is 17.7 Å². The van der Waals surface area contributed by atoms with Gasteiger partial charge in [0.05, 0.1) is 7.11 Å². The van der Waals surface area contributed by atoms with Crippen molar-refractivity contribution in [3.63, 3.8) is 0 Å². The molecule has 0 fully saturated rings. The van der Waals surface area contributed by atoms with Crippen LogP contribution in [0.15, 0.2) is 71.8 Å². The van der Waals surface area contributed by atoms with Crippen molar-refractivity contribution in [3.05, 3.63) is 99.9 Å². The lowest BCUT2D eigenvalue weighted by Gasteiger charge is -2.24. The lowest BCUT2D eigenvalue weighted by atomic mass is 10.0. The number of amides is 1. The molecule has 0 saturated carbocycles. The van der Waals surface area contributed by atoms with Crippen LogP contribution in [0.25, 0.3) is 11.4 Å². The number of hydrogen-bond donors (Lipinski definition) is 2. The smallest absolute Gasteiger partial charge is 0.270 e. The van der Waals surface area contributed by atoms with E-state index in [0.29, 0.717) is 17.2 Å². The second-order valence-corrected chi connectivity index (χ2v) is 8.49. The minimum Gasteiger partial charge on any atom is -0.497 e. The number of rotatable bonds is 5. The first-order valence-corrected chi connectivity index (χ1v) is 11.3. The maximum absolute atomic E-state index is 15.0. The molecule has 0 spiro atoms. The van der Waals surface area contributed by atoms with Gasteiger partial charge in [-0.15, -0.1) is 0 Å². The number of carbonyl (C=O) groups is 1. The second kappa shape index (κ2) is 9.18. The molecule has 2 aromatic heterocycles. The highest BCUT2D eigenvalue weighted by molar-refractivity contribution is 6.04. The van der Waals surface area contributed by atoms with E-state index in [9.17, 15) is 14.0 Å². The van der Waals surface area contributed by atoms with Crippen LogP contribution in [0.3, 0.4) is 0 Å². The van der Waals surface area contributed by atoms with Gasteiger partial charge in [0.25, 0.3) is 11.5 Å². The molecular formula is C27H23FN4O4. The van der Waals surface area contributed by atoms with Crippen LogP contribution in [0.5, 0.6) is 11.5 Å². The molecular weight excluding hydrogens is 463 g/mol. The van der Waals surface area contributed by atoms with Crippen LogP contribution in [-0.2, 0) is 0 Å². The highest BCUT2D eigenvalue weighted by atomic mass is 19.1. The van der Waals surface area contributed by atoms with Gasteiger partial charge in [-0.05, 0) is 55.8 Å². The number of benzene rings is 2. The Kier molecular flexibility index (Phi) is 5.89. The van der Waals surface area contributed by atoms with Gasteiger partial charge in [0.1, 0.15) is 22.7 Å². The lowest BCUT2D eigenvalue weighted by molar-refractivity contribution is 0.102. The molecule has 0 radical (unpaired) electrons. The summed E-state index contributed by atoms with van der Waals surface area (Å²) in [6, 6.07) is 13.0. The minimum absolute atomic E-state index is 0.00182. The van der Waals surface area contributed by atoms with Crippen molar-refractivity contribution in [3.8, 4) is 11.5 Å². The second-order valence-electron chi connectivity index (χ2n) is 8.49. The Bertz CT molecular complexity index is 1600. The van der Waals surface area contributed by atoms with E-state index in [0.717, 1.165) is 22.9 Å². The van der Waals surface area contributed by atoms with Crippen LogP contribution in [-0.4, -0.2) is 28.4 Å². The molecule has 3 heterocycles. The fourth-order valence-electron chi connectivity index (χ4n) is 3.99. The van der Waals surface area contributed by atoms with E-state index in [1.807, 2.05) is 38.1 Å². The van der Waals surface area contributed by atoms with Crippen LogP contribution >= 0.6 is 0 Å². The van der Waals surface area contributed by atoms with Crippen molar-refractivity contribution in [1.29, 1.82) is 0 Å². The largest absolute Gasteiger partial charge is 0.497 e. The van der Waals surface area contributed by atoms with Gasteiger partial charge < -0.3 is 20.1 Å². The molecule has 2 N–H and O–H groups in total. The number of anilines is 2. The summed E-state index contributed by atoms with van der Waals surface area (Å²) in [5, 5.41) is 5.88. The molecule has 1 unspecified atom stereocenters. The fraction of sp³-hybridized carbons (Fsp3) is 0.148. The van der Waals surface area contributed by atoms with Crippen molar-refractivity contribution < 1.29 is 18.7 Å². The SMILES string of the molecule is COc1ccc2c(c1)NC(C)C=C2Oc1ccc(NC(=O)c2cnc3ccc(C)cn3c2=O)cc1F. The highest BCUT2D eigenvalue weighted by Gasteiger charge is 2.21. The Balaban J connectivity index is 1.37. The lowest BCUT2D eigenvalue weighted by Crippen LogP contribution is -2.26. The third kappa shape index (κ3) is 4.38. The van der Waals surface area contributed by atoms with Gasteiger partial charge in [-0.25, -0.2) is 9.37 Å². The molecule has 0 saturated heterocycles. The summed E-state index contributed by atoms with van der Waals surface area (Å²) in [5.41, 5.74) is 2.37. The monoisotopic (exact) mass is 486 g/mol. The zero-order valence-electron chi connectivity index (χ0n) is 19.8. The van der Waals surface area contributed by atoms with Crippen LogP contribution in [0.2, 0.25) is 0 Å². The Hall–Kier alpha value is -4.66. The molecule has 1 atom stereocenters. The molecule has 8 nitrogen and oxygen atoms in total. The van der Waals surface area contributed by atoms with Crippen LogP contribution in [0, 0.1) is 12.7 Å². The molecule has 9 heteroatoms. The first kappa shape index (κ1) is 23.1. The van der Waals surface area contributed by atoms with Gasteiger partial charge in [0.15, 0.2) is 11.6 Å². The third-order valence-electron chi connectivity index (χ3n) is 5.78. The van der Waals surface area contributed by atoms with Crippen molar-refractivity contribution in [2.24, 2.45) is 0 Å². The van der Waals surface area contributed by atoms with Crippen molar-refractivity contribution in [1.82, 2.24) is 9.38 Å². The molecule has 1 aliphatic rings. The van der Waals surface area contributed by atoms with Crippen LogP contribution in [0.1, 0.15) is 28.4 Å².